The molecule has 0 unspecified atom stereocenters. The van der Waals surface area contributed by atoms with Crippen molar-refractivity contribution in [1.29, 1.82) is 0 Å². The Morgan fingerprint density at radius 1 is 0.963 bits per heavy atom. The lowest BCUT2D eigenvalue weighted by Gasteiger charge is -2.48. The van der Waals surface area contributed by atoms with Crippen LogP contribution in [0.4, 0.5) is 0 Å². The van der Waals surface area contributed by atoms with Gasteiger partial charge in [-0.15, -0.1) is 23.5 Å². The first-order valence-electron chi connectivity index (χ1n) is 10.6. The number of carbonyl (C=O) groups excluding carboxylic acids is 1. The zero-order chi connectivity index (χ0) is 18.5. The van der Waals surface area contributed by atoms with Gasteiger partial charge in [0.25, 0.3) is 5.91 Å². The standard InChI is InChI=1S/C22H32N2OS2/c25-20(18-7-9-19(10-8-18)21-26-15-16-27-21)23-17-22(11-3-1-4-12-22)24-13-5-2-6-14-24/h7-10,21H,1-6,11-17H2,(H,23,25). The highest BCUT2D eigenvalue weighted by Crippen LogP contribution is 2.45. The van der Waals surface area contributed by atoms with E-state index in [1.165, 1.54) is 81.5 Å². The zero-order valence-corrected chi connectivity index (χ0v) is 17.9. The molecule has 5 heteroatoms. The molecule has 3 aliphatic rings. The Morgan fingerprint density at radius 3 is 2.26 bits per heavy atom. The maximum atomic E-state index is 12.8. The molecule has 0 spiro atoms. The van der Waals surface area contributed by atoms with Crippen LogP contribution < -0.4 is 5.32 Å². The van der Waals surface area contributed by atoms with E-state index < -0.39 is 0 Å². The third-order valence-corrected chi connectivity index (χ3v) is 9.56. The van der Waals surface area contributed by atoms with Gasteiger partial charge in [0, 0.05) is 29.2 Å². The van der Waals surface area contributed by atoms with Crippen molar-refractivity contribution in [2.75, 3.05) is 31.1 Å². The summed E-state index contributed by atoms with van der Waals surface area (Å²) in [5, 5.41) is 3.30. The Morgan fingerprint density at radius 2 is 1.59 bits per heavy atom. The summed E-state index contributed by atoms with van der Waals surface area (Å²) in [6.45, 7) is 3.23. The van der Waals surface area contributed by atoms with E-state index in [0.717, 1.165) is 12.1 Å². The summed E-state index contributed by atoms with van der Waals surface area (Å²) in [7, 11) is 0. The minimum atomic E-state index is 0.0928. The van der Waals surface area contributed by atoms with Gasteiger partial charge in [-0.1, -0.05) is 37.8 Å². The van der Waals surface area contributed by atoms with Gasteiger partial charge in [-0.2, -0.15) is 0 Å². The fourth-order valence-electron chi connectivity index (χ4n) is 4.87. The van der Waals surface area contributed by atoms with Crippen LogP contribution in [0.15, 0.2) is 24.3 Å². The molecule has 2 saturated heterocycles. The Labute approximate surface area is 172 Å². The molecule has 1 saturated carbocycles. The number of nitrogens with one attached hydrogen (secondary N) is 1. The van der Waals surface area contributed by atoms with Crippen LogP contribution in [0.2, 0.25) is 0 Å². The predicted molar refractivity (Wildman–Crippen MR) is 118 cm³/mol. The van der Waals surface area contributed by atoms with E-state index in [2.05, 4.69) is 22.3 Å². The van der Waals surface area contributed by atoms with E-state index in [4.69, 9.17) is 0 Å². The molecule has 0 atom stereocenters. The van der Waals surface area contributed by atoms with Gasteiger partial charge in [-0.3, -0.25) is 9.69 Å². The molecule has 3 fully saturated rings. The first-order chi connectivity index (χ1) is 13.3. The maximum absolute atomic E-state index is 12.8. The molecule has 3 nitrogen and oxygen atoms in total. The summed E-state index contributed by atoms with van der Waals surface area (Å²) in [4.78, 5) is 15.5. The van der Waals surface area contributed by atoms with Gasteiger partial charge in [0.1, 0.15) is 0 Å². The second-order valence-corrected chi connectivity index (χ2v) is 10.9. The number of amides is 1. The lowest BCUT2D eigenvalue weighted by molar-refractivity contribution is 0.0326. The largest absolute Gasteiger partial charge is 0.350 e. The molecular formula is C22H32N2OS2. The summed E-state index contributed by atoms with van der Waals surface area (Å²) in [5.74, 6) is 2.56. The summed E-state index contributed by atoms with van der Waals surface area (Å²) in [5.41, 5.74) is 2.35. The van der Waals surface area contributed by atoms with Gasteiger partial charge in [-0.05, 0) is 56.5 Å². The normalized spacial score (nSPS) is 24.0. The van der Waals surface area contributed by atoms with Gasteiger partial charge in [0.05, 0.1) is 4.58 Å². The number of nitrogens with zero attached hydrogens (tertiary/aromatic N) is 1. The quantitative estimate of drug-likeness (QED) is 0.741. The van der Waals surface area contributed by atoms with Crippen LogP contribution >= 0.6 is 23.5 Å². The lowest BCUT2D eigenvalue weighted by Crippen LogP contribution is -2.58. The molecule has 4 rings (SSSR count). The molecule has 2 aliphatic heterocycles. The van der Waals surface area contributed by atoms with E-state index in [1.54, 1.807) is 0 Å². The third kappa shape index (κ3) is 4.68. The molecule has 0 aromatic heterocycles. The minimum Gasteiger partial charge on any atom is -0.350 e. The van der Waals surface area contributed by atoms with Crippen LogP contribution in [0.5, 0.6) is 0 Å². The smallest absolute Gasteiger partial charge is 0.251 e. The van der Waals surface area contributed by atoms with Gasteiger partial charge in [0.15, 0.2) is 0 Å². The van der Waals surface area contributed by atoms with E-state index in [9.17, 15) is 4.79 Å². The van der Waals surface area contributed by atoms with Gasteiger partial charge in [-0.25, -0.2) is 0 Å². The van der Waals surface area contributed by atoms with Crippen LogP contribution in [0.1, 0.15) is 71.9 Å². The Hall–Kier alpha value is -0.650. The topological polar surface area (TPSA) is 32.3 Å². The molecule has 0 radical (unpaired) electrons. The molecule has 0 bridgehead atoms. The van der Waals surface area contributed by atoms with E-state index in [-0.39, 0.29) is 11.4 Å². The number of benzene rings is 1. The monoisotopic (exact) mass is 404 g/mol. The summed E-state index contributed by atoms with van der Waals surface area (Å²) < 4.78 is 0.548. The molecule has 148 valence electrons. The highest BCUT2D eigenvalue weighted by molar-refractivity contribution is 8.19. The van der Waals surface area contributed by atoms with Crippen LogP contribution in [-0.4, -0.2) is 47.5 Å². The van der Waals surface area contributed by atoms with Crippen molar-refractivity contribution in [3.05, 3.63) is 35.4 Å². The van der Waals surface area contributed by atoms with Crippen molar-refractivity contribution in [1.82, 2.24) is 10.2 Å². The molecule has 1 aliphatic carbocycles. The van der Waals surface area contributed by atoms with Crippen molar-refractivity contribution in [3.8, 4) is 0 Å². The van der Waals surface area contributed by atoms with Crippen LogP contribution in [0, 0.1) is 0 Å². The molecule has 1 amide bonds. The Balaban J connectivity index is 1.38. The summed E-state index contributed by atoms with van der Waals surface area (Å²) in [6, 6.07) is 8.31. The number of hydrogen-bond donors (Lipinski definition) is 1. The summed E-state index contributed by atoms with van der Waals surface area (Å²) in [6.07, 6.45) is 10.4. The SMILES string of the molecule is O=C(NCC1(N2CCCCC2)CCCCC1)c1ccc(C2SCCS2)cc1. The number of likely N-dealkylation sites (tertiary alicyclic amines) is 1. The molecule has 27 heavy (non-hydrogen) atoms. The van der Waals surface area contributed by atoms with Gasteiger partial charge < -0.3 is 5.32 Å². The van der Waals surface area contributed by atoms with Crippen molar-refractivity contribution < 1.29 is 4.79 Å². The first kappa shape index (κ1) is 19.7. The second-order valence-electron chi connectivity index (χ2n) is 8.21. The number of piperidine rings is 1. The third-order valence-electron chi connectivity index (χ3n) is 6.46. The first-order valence-corrected chi connectivity index (χ1v) is 12.7. The zero-order valence-electron chi connectivity index (χ0n) is 16.3. The second kappa shape index (κ2) is 9.23. The fraction of sp³-hybridized carbons (Fsp3) is 0.682. The highest BCUT2D eigenvalue weighted by atomic mass is 32.2. The lowest BCUT2D eigenvalue weighted by atomic mass is 9.79. The number of rotatable bonds is 5. The molecule has 1 aromatic carbocycles. The van der Waals surface area contributed by atoms with Gasteiger partial charge in [0.2, 0.25) is 0 Å². The average Bonchev–Trinajstić information content (AvgIpc) is 3.28. The Bertz CT molecular complexity index is 616. The molecule has 1 aromatic rings. The number of carbonyl (C=O) groups is 1. The highest BCUT2D eigenvalue weighted by Gasteiger charge is 2.38. The van der Waals surface area contributed by atoms with Crippen molar-refractivity contribution in [3.63, 3.8) is 0 Å². The predicted octanol–water partition coefficient (Wildman–Crippen LogP) is 5.08. The maximum Gasteiger partial charge on any atom is 0.251 e. The van der Waals surface area contributed by atoms with Crippen LogP contribution in [-0.2, 0) is 0 Å². The van der Waals surface area contributed by atoms with Crippen molar-refractivity contribution in [2.45, 2.75) is 61.5 Å². The fourth-order valence-corrected chi connectivity index (χ4v) is 7.73. The van der Waals surface area contributed by atoms with Crippen molar-refractivity contribution >= 4 is 29.4 Å². The van der Waals surface area contributed by atoms with Crippen molar-refractivity contribution in [2.24, 2.45) is 0 Å². The van der Waals surface area contributed by atoms with Gasteiger partial charge >= 0.3 is 0 Å². The molecular weight excluding hydrogens is 372 g/mol. The number of thioether (sulfide) groups is 2. The summed E-state index contributed by atoms with van der Waals surface area (Å²) >= 11 is 4.02. The van der Waals surface area contributed by atoms with Crippen LogP contribution in [0.3, 0.4) is 0 Å². The van der Waals surface area contributed by atoms with E-state index >= 15 is 0 Å². The van der Waals surface area contributed by atoms with E-state index in [0.29, 0.717) is 4.58 Å². The Kier molecular flexibility index (Phi) is 6.72. The average molecular weight is 405 g/mol. The molecule has 2 heterocycles. The van der Waals surface area contributed by atoms with E-state index in [1.807, 2.05) is 35.7 Å². The molecule has 1 N–H and O–H groups in total. The number of hydrogen-bond acceptors (Lipinski definition) is 4. The minimum absolute atomic E-state index is 0.0928. The van der Waals surface area contributed by atoms with Crippen LogP contribution in [0.25, 0.3) is 0 Å².